The number of rotatable bonds is 3. The summed E-state index contributed by atoms with van der Waals surface area (Å²) in [5, 5.41) is 0. The number of benzene rings is 2. The van der Waals surface area contributed by atoms with Gasteiger partial charge in [0.15, 0.2) is 0 Å². The lowest BCUT2D eigenvalue weighted by Gasteiger charge is -2.39. The molecule has 4 rings (SSSR count). The lowest BCUT2D eigenvalue weighted by Crippen LogP contribution is -2.44. The Kier molecular flexibility index (Phi) is 3.91. The minimum Gasteiger partial charge on any atom is -0.462 e. The molecule has 0 aliphatic carbocycles. The largest absolute Gasteiger partial charge is 0.462 e. The fourth-order valence-electron chi connectivity index (χ4n) is 3.95. The minimum atomic E-state index is -0.344. The third-order valence-corrected chi connectivity index (χ3v) is 5.18. The molecular weight excluding hydrogens is 326 g/mol. The van der Waals surface area contributed by atoms with Gasteiger partial charge in [-0.3, -0.25) is 4.79 Å². The normalized spacial score (nSPS) is 21.1. The first-order valence-electron chi connectivity index (χ1n) is 8.96. The Balaban J connectivity index is 1.92. The fourth-order valence-corrected chi connectivity index (χ4v) is 3.95. The number of hydrogen-bond acceptors (Lipinski definition) is 3. The van der Waals surface area contributed by atoms with Crippen LogP contribution in [0.15, 0.2) is 54.6 Å². The molecule has 2 aliphatic heterocycles. The zero-order valence-corrected chi connectivity index (χ0v) is 15.0. The highest BCUT2D eigenvalue weighted by molar-refractivity contribution is 6.06. The second kappa shape index (κ2) is 6.13. The maximum absolute atomic E-state index is 12.5. The van der Waals surface area contributed by atoms with Crippen LogP contribution >= 0.6 is 0 Å². The van der Waals surface area contributed by atoms with Gasteiger partial charge in [-0.05, 0) is 49.6 Å². The van der Waals surface area contributed by atoms with Gasteiger partial charge in [0.05, 0.1) is 23.4 Å². The molecule has 0 saturated carbocycles. The maximum atomic E-state index is 12.5. The molecule has 0 spiro atoms. The van der Waals surface area contributed by atoms with Crippen molar-refractivity contribution >= 4 is 23.1 Å². The molecule has 2 aromatic rings. The molecule has 2 aliphatic rings. The van der Waals surface area contributed by atoms with Gasteiger partial charge < -0.3 is 9.64 Å². The van der Waals surface area contributed by atoms with Gasteiger partial charge >= 0.3 is 5.97 Å². The van der Waals surface area contributed by atoms with E-state index in [9.17, 15) is 9.59 Å². The molecule has 2 aromatic carbocycles. The zero-order chi connectivity index (χ0) is 18.3. The molecule has 0 radical (unpaired) electrons. The molecule has 1 fully saturated rings. The van der Waals surface area contributed by atoms with E-state index >= 15 is 0 Å². The molecule has 1 saturated heterocycles. The van der Waals surface area contributed by atoms with E-state index in [1.165, 1.54) is 0 Å². The lowest BCUT2D eigenvalue weighted by atomic mass is 9.83. The van der Waals surface area contributed by atoms with Gasteiger partial charge in [-0.1, -0.05) is 36.4 Å². The second-order valence-corrected chi connectivity index (χ2v) is 6.96. The highest BCUT2D eigenvalue weighted by atomic mass is 16.5. The number of fused-ring (bicyclic) bond motifs is 3. The van der Waals surface area contributed by atoms with Crippen LogP contribution < -0.4 is 4.90 Å². The summed E-state index contributed by atoms with van der Waals surface area (Å²) in [6.45, 7) is 4.23. The fraction of sp³-hybridized carbons (Fsp3) is 0.273. The molecule has 0 aromatic heterocycles. The molecule has 4 heteroatoms. The van der Waals surface area contributed by atoms with Crippen molar-refractivity contribution in [3.05, 3.63) is 71.3 Å². The molecule has 2 heterocycles. The van der Waals surface area contributed by atoms with Crippen molar-refractivity contribution in [2.75, 3.05) is 11.5 Å². The summed E-state index contributed by atoms with van der Waals surface area (Å²) in [6, 6.07) is 15.6. The van der Waals surface area contributed by atoms with E-state index in [1.54, 1.807) is 13.0 Å². The van der Waals surface area contributed by atoms with Crippen LogP contribution in [0.3, 0.4) is 0 Å². The Hall–Kier alpha value is -2.88. The summed E-state index contributed by atoms with van der Waals surface area (Å²) in [6.07, 6.45) is 3.50. The Labute approximate surface area is 153 Å². The summed E-state index contributed by atoms with van der Waals surface area (Å²) in [7, 11) is 0. The van der Waals surface area contributed by atoms with E-state index in [4.69, 9.17) is 4.74 Å². The summed E-state index contributed by atoms with van der Waals surface area (Å²) >= 11 is 0. The van der Waals surface area contributed by atoms with Crippen LogP contribution in [0.2, 0.25) is 0 Å². The van der Waals surface area contributed by atoms with E-state index in [-0.39, 0.29) is 17.4 Å². The standard InChI is InChI=1S/C22H21NO3/c1-3-26-21(25)16-9-10-19-17(13-16)18(15-7-5-4-6-8-15)14-22(2)12-11-20(24)23(19)22/h4-10,13-14H,3,11-12H2,1-2H3. The number of anilines is 1. The second-order valence-electron chi connectivity index (χ2n) is 6.96. The summed E-state index contributed by atoms with van der Waals surface area (Å²) < 4.78 is 5.15. The predicted octanol–water partition coefficient (Wildman–Crippen LogP) is 4.19. The van der Waals surface area contributed by atoms with Gasteiger partial charge in [-0.2, -0.15) is 0 Å². The first-order chi connectivity index (χ1) is 12.5. The van der Waals surface area contributed by atoms with Crippen molar-refractivity contribution in [3.8, 4) is 0 Å². The maximum Gasteiger partial charge on any atom is 0.338 e. The van der Waals surface area contributed by atoms with Crippen LogP contribution in [0.4, 0.5) is 5.69 Å². The molecule has 1 atom stereocenters. The third kappa shape index (κ3) is 2.53. The van der Waals surface area contributed by atoms with Gasteiger partial charge in [0.25, 0.3) is 0 Å². The summed E-state index contributed by atoms with van der Waals surface area (Å²) in [5.41, 5.74) is 4.07. The lowest BCUT2D eigenvalue weighted by molar-refractivity contribution is -0.117. The molecule has 132 valence electrons. The first kappa shape index (κ1) is 16.6. The average molecular weight is 347 g/mol. The summed E-state index contributed by atoms with van der Waals surface area (Å²) in [4.78, 5) is 26.6. The number of esters is 1. The number of carbonyl (C=O) groups excluding carboxylic acids is 2. The van der Waals surface area contributed by atoms with Gasteiger partial charge in [-0.25, -0.2) is 4.79 Å². The van der Waals surface area contributed by atoms with E-state index in [0.29, 0.717) is 18.6 Å². The van der Waals surface area contributed by atoms with E-state index in [1.807, 2.05) is 35.2 Å². The molecule has 1 amide bonds. The van der Waals surface area contributed by atoms with Crippen LogP contribution in [0.25, 0.3) is 5.57 Å². The Morgan fingerprint density at radius 3 is 2.69 bits per heavy atom. The predicted molar refractivity (Wildman–Crippen MR) is 101 cm³/mol. The number of hydrogen-bond donors (Lipinski definition) is 0. The highest BCUT2D eigenvalue weighted by Crippen LogP contribution is 2.47. The van der Waals surface area contributed by atoms with Crippen LogP contribution in [-0.4, -0.2) is 24.0 Å². The van der Waals surface area contributed by atoms with Crippen molar-refractivity contribution in [2.45, 2.75) is 32.2 Å². The molecule has 0 bridgehead atoms. The van der Waals surface area contributed by atoms with Gasteiger partial charge in [-0.15, -0.1) is 0 Å². The number of nitrogens with zero attached hydrogens (tertiary/aromatic N) is 1. The topological polar surface area (TPSA) is 46.6 Å². The van der Waals surface area contributed by atoms with Crippen LogP contribution in [0, 0.1) is 0 Å². The average Bonchev–Trinajstić information content (AvgIpc) is 2.96. The molecular formula is C22H21NO3. The van der Waals surface area contributed by atoms with Crippen LogP contribution in [0.1, 0.15) is 48.2 Å². The monoisotopic (exact) mass is 347 g/mol. The van der Waals surface area contributed by atoms with Crippen molar-refractivity contribution in [1.29, 1.82) is 0 Å². The smallest absolute Gasteiger partial charge is 0.338 e. The van der Waals surface area contributed by atoms with Gasteiger partial charge in [0.1, 0.15) is 0 Å². The zero-order valence-electron chi connectivity index (χ0n) is 15.0. The van der Waals surface area contributed by atoms with E-state index in [0.717, 1.165) is 28.8 Å². The van der Waals surface area contributed by atoms with E-state index < -0.39 is 0 Å². The van der Waals surface area contributed by atoms with Gasteiger partial charge in [0, 0.05) is 12.0 Å². The Bertz CT molecular complexity index is 916. The molecule has 1 unspecified atom stereocenters. The Morgan fingerprint density at radius 1 is 1.19 bits per heavy atom. The van der Waals surface area contributed by atoms with E-state index in [2.05, 4.69) is 25.1 Å². The summed E-state index contributed by atoms with van der Waals surface area (Å²) in [5.74, 6) is -0.218. The molecule has 4 nitrogen and oxygen atoms in total. The quantitative estimate of drug-likeness (QED) is 0.782. The van der Waals surface area contributed by atoms with Gasteiger partial charge in [0.2, 0.25) is 5.91 Å². The first-order valence-corrected chi connectivity index (χ1v) is 8.96. The van der Waals surface area contributed by atoms with Crippen molar-refractivity contribution in [1.82, 2.24) is 0 Å². The van der Waals surface area contributed by atoms with Crippen molar-refractivity contribution in [2.24, 2.45) is 0 Å². The number of amides is 1. The highest BCUT2D eigenvalue weighted by Gasteiger charge is 2.45. The molecule has 0 N–H and O–H groups in total. The third-order valence-electron chi connectivity index (χ3n) is 5.18. The Morgan fingerprint density at radius 2 is 1.96 bits per heavy atom. The van der Waals surface area contributed by atoms with Crippen LogP contribution in [0.5, 0.6) is 0 Å². The number of carbonyl (C=O) groups is 2. The SMILES string of the molecule is CCOC(=O)c1ccc2c(c1)C(c1ccccc1)=CC1(C)CCC(=O)N21. The van der Waals surface area contributed by atoms with Crippen molar-refractivity contribution in [3.63, 3.8) is 0 Å². The minimum absolute atomic E-state index is 0.126. The molecule has 26 heavy (non-hydrogen) atoms. The van der Waals surface area contributed by atoms with Crippen LogP contribution in [-0.2, 0) is 9.53 Å². The van der Waals surface area contributed by atoms with Crippen molar-refractivity contribution < 1.29 is 14.3 Å². The number of ether oxygens (including phenoxy) is 1.